The van der Waals surface area contributed by atoms with E-state index in [1.165, 1.54) is 12.0 Å². The fraction of sp³-hybridized carbons (Fsp3) is 0.154. The predicted molar refractivity (Wildman–Crippen MR) is 122 cm³/mol. The number of hydrogen-bond acceptors (Lipinski definition) is 6. The zero-order valence-corrected chi connectivity index (χ0v) is 17.9. The van der Waals surface area contributed by atoms with Crippen molar-refractivity contribution in [1.82, 2.24) is 0 Å². The Morgan fingerprint density at radius 2 is 1.70 bits per heavy atom. The number of methoxy groups -OCH3 is 1. The van der Waals surface area contributed by atoms with E-state index >= 15 is 0 Å². The molecule has 0 spiro atoms. The van der Waals surface area contributed by atoms with Gasteiger partial charge in [-0.1, -0.05) is 42.5 Å². The predicted octanol–water partition coefficient (Wildman–Crippen LogP) is 4.09. The van der Waals surface area contributed by atoms with Crippen molar-refractivity contribution in [2.45, 2.75) is 6.04 Å². The van der Waals surface area contributed by atoms with Crippen LogP contribution in [0.4, 0.5) is 5.69 Å². The molecule has 1 fully saturated rings. The molecule has 3 aromatic rings. The van der Waals surface area contributed by atoms with Crippen LogP contribution in [0.25, 0.3) is 5.76 Å². The number of ketones is 1. The largest absolute Gasteiger partial charge is 0.507 e. The topological polar surface area (TPSA) is 85.3 Å². The Morgan fingerprint density at radius 1 is 0.939 bits per heavy atom. The van der Waals surface area contributed by atoms with Gasteiger partial charge in [0, 0.05) is 17.3 Å². The third-order valence-corrected chi connectivity index (χ3v) is 5.71. The van der Waals surface area contributed by atoms with Crippen molar-refractivity contribution in [2.75, 3.05) is 25.2 Å². The summed E-state index contributed by atoms with van der Waals surface area (Å²) in [6, 6.07) is 20.2. The van der Waals surface area contributed by atoms with E-state index < -0.39 is 17.7 Å². The standard InChI is InChI=1S/C26H21NO6/c1-31-19-9-5-8-17(14-19)24(28)22-23(16-6-3-2-4-7-16)27(26(30)25(22)29)18-10-11-20-21(15-18)33-13-12-32-20/h2-11,14-15,23,28H,12-13H2,1H3/b24-22+. The highest BCUT2D eigenvalue weighted by atomic mass is 16.6. The van der Waals surface area contributed by atoms with Gasteiger partial charge >= 0.3 is 0 Å². The molecule has 1 amide bonds. The molecule has 1 N–H and O–H groups in total. The molecule has 0 aliphatic carbocycles. The van der Waals surface area contributed by atoms with Crippen molar-refractivity contribution in [3.05, 3.63) is 89.5 Å². The van der Waals surface area contributed by atoms with Crippen LogP contribution in [0.1, 0.15) is 17.2 Å². The van der Waals surface area contributed by atoms with Gasteiger partial charge in [-0.15, -0.1) is 0 Å². The van der Waals surface area contributed by atoms with Gasteiger partial charge in [-0.05, 0) is 29.8 Å². The molecule has 3 aromatic carbocycles. The van der Waals surface area contributed by atoms with Crippen molar-refractivity contribution in [3.63, 3.8) is 0 Å². The summed E-state index contributed by atoms with van der Waals surface area (Å²) in [7, 11) is 1.52. The van der Waals surface area contributed by atoms with E-state index in [4.69, 9.17) is 14.2 Å². The highest BCUT2D eigenvalue weighted by Crippen LogP contribution is 2.44. The highest BCUT2D eigenvalue weighted by molar-refractivity contribution is 6.51. The molecule has 1 unspecified atom stereocenters. The van der Waals surface area contributed by atoms with E-state index in [0.29, 0.717) is 47.3 Å². The first kappa shape index (κ1) is 20.6. The number of amides is 1. The van der Waals surface area contributed by atoms with Crippen LogP contribution >= 0.6 is 0 Å². The molecule has 0 saturated carbocycles. The van der Waals surface area contributed by atoms with E-state index in [0.717, 1.165) is 0 Å². The number of Topliss-reactive ketones (excluding diaryl/α,β-unsaturated/α-hetero) is 1. The summed E-state index contributed by atoms with van der Waals surface area (Å²) in [6.07, 6.45) is 0. The molecule has 0 bridgehead atoms. The average Bonchev–Trinajstić information content (AvgIpc) is 3.14. The minimum Gasteiger partial charge on any atom is -0.507 e. The summed E-state index contributed by atoms with van der Waals surface area (Å²) in [5, 5.41) is 11.2. The van der Waals surface area contributed by atoms with Crippen molar-refractivity contribution < 1.29 is 28.9 Å². The van der Waals surface area contributed by atoms with E-state index in [1.807, 2.05) is 30.3 Å². The van der Waals surface area contributed by atoms with Gasteiger partial charge < -0.3 is 19.3 Å². The number of fused-ring (bicyclic) bond motifs is 1. The molecule has 7 nitrogen and oxygen atoms in total. The van der Waals surface area contributed by atoms with Crippen LogP contribution < -0.4 is 19.1 Å². The Balaban J connectivity index is 1.69. The Hall–Kier alpha value is -4.26. The molecule has 7 heteroatoms. The molecule has 166 valence electrons. The minimum absolute atomic E-state index is 0.00865. The van der Waals surface area contributed by atoms with Crippen LogP contribution in [0.3, 0.4) is 0 Å². The average molecular weight is 443 g/mol. The first-order valence-corrected chi connectivity index (χ1v) is 10.5. The molecule has 2 heterocycles. The summed E-state index contributed by atoms with van der Waals surface area (Å²) in [5.41, 5.74) is 1.56. The van der Waals surface area contributed by atoms with Crippen LogP contribution in [-0.4, -0.2) is 37.1 Å². The number of carbonyl (C=O) groups is 2. The summed E-state index contributed by atoms with van der Waals surface area (Å²) in [6.45, 7) is 0.842. The number of carbonyl (C=O) groups excluding carboxylic acids is 2. The Labute approximate surface area is 190 Å². The second-order valence-corrected chi connectivity index (χ2v) is 7.64. The lowest BCUT2D eigenvalue weighted by molar-refractivity contribution is -0.132. The van der Waals surface area contributed by atoms with Gasteiger partial charge in [-0.25, -0.2) is 0 Å². The van der Waals surface area contributed by atoms with Crippen LogP contribution in [0.2, 0.25) is 0 Å². The number of rotatable bonds is 4. The normalized spacial score (nSPS) is 18.9. The number of anilines is 1. The summed E-state index contributed by atoms with van der Waals surface area (Å²) < 4.78 is 16.5. The number of ether oxygens (including phenoxy) is 3. The smallest absolute Gasteiger partial charge is 0.300 e. The van der Waals surface area contributed by atoms with Crippen LogP contribution in [-0.2, 0) is 9.59 Å². The quantitative estimate of drug-likeness (QED) is 0.371. The van der Waals surface area contributed by atoms with Gasteiger partial charge in [-0.3, -0.25) is 14.5 Å². The van der Waals surface area contributed by atoms with Gasteiger partial charge in [0.15, 0.2) is 11.5 Å². The zero-order chi connectivity index (χ0) is 22.9. The number of aliphatic hydroxyl groups is 1. The third kappa shape index (κ3) is 3.57. The van der Waals surface area contributed by atoms with Crippen molar-refractivity contribution in [2.24, 2.45) is 0 Å². The van der Waals surface area contributed by atoms with Crippen molar-refractivity contribution in [3.8, 4) is 17.2 Å². The number of benzene rings is 3. The number of hydrogen-bond donors (Lipinski definition) is 1. The second-order valence-electron chi connectivity index (χ2n) is 7.64. The Kier molecular flexibility index (Phi) is 5.22. The maximum Gasteiger partial charge on any atom is 0.300 e. The molecule has 0 aromatic heterocycles. The lowest BCUT2D eigenvalue weighted by Gasteiger charge is -2.27. The molecular weight excluding hydrogens is 422 g/mol. The van der Waals surface area contributed by atoms with Crippen molar-refractivity contribution >= 4 is 23.1 Å². The monoisotopic (exact) mass is 443 g/mol. The minimum atomic E-state index is -0.819. The zero-order valence-electron chi connectivity index (χ0n) is 17.9. The van der Waals surface area contributed by atoms with Gasteiger partial charge in [0.2, 0.25) is 0 Å². The second kappa shape index (κ2) is 8.35. The van der Waals surface area contributed by atoms with Crippen LogP contribution in [0.5, 0.6) is 17.2 Å². The van der Waals surface area contributed by atoms with Gasteiger partial charge in [0.1, 0.15) is 24.7 Å². The van der Waals surface area contributed by atoms with Gasteiger partial charge in [-0.2, -0.15) is 0 Å². The molecule has 2 aliphatic rings. The first-order valence-electron chi connectivity index (χ1n) is 10.5. The summed E-state index contributed by atoms with van der Waals surface area (Å²) in [4.78, 5) is 27.9. The summed E-state index contributed by atoms with van der Waals surface area (Å²) in [5.74, 6) is -0.156. The lowest BCUT2D eigenvalue weighted by atomic mass is 9.95. The Morgan fingerprint density at radius 3 is 2.45 bits per heavy atom. The molecule has 1 saturated heterocycles. The maximum absolute atomic E-state index is 13.3. The van der Waals surface area contributed by atoms with Crippen LogP contribution in [0, 0.1) is 0 Å². The van der Waals surface area contributed by atoms with E-state index in [2.05, 4.69) is 0 Å². The lowest BCUT2D eigenvalue weighted by Crippen LogP contribution is -2.29. The number of aliphatic hydroxyl groups excluding tert-OH is 1. The van der Waals surface area contributed by atoms with E-state index in [9.17, 15) is 14.7 Å². The van der Waals surface area contributed by atoms with Gasteiger partial charge in [0.05, 0.1) is 18.7 Å². The van der Waals surface area contributed by atoms with Crippen LogP contribution in [0.15, 0.2) is 78.4 Å². The van der Waals surface area contributed by atoms with Crippen molar-refractivity contribution in [1.29, 1.82) is 0 Å². The van der Waals surface area contributed by atoms with E-state index in [-0.39, 0.29) is 11.3 Å². The number of nitrogens with zero attached hydrogens (tertiary/aromatic N) is 1. The molecule has 2 aliphatic heterocycles. The molecule has 1 atom stereocenters. The fourth-order valence-corrected chi connectivity index (χ4v) is 4.16. The first-order chi connectivity index (χ1) is 16.1. The Bertz CT molecular complexity index is 1270. The molecule has 0 radical (unpaired) electrons. The molecule has 5 rings (SSSR count). The molecule has 33 heavy (non-hydrogen) atoms. The highest BCUT2D eigenvalue weighted by Gasteiger charge is 2.47. The summed E-state index contributed by atoms with van der Waals surface area (Å²) >= 11 is 0. The van der Waals surface area contributed by atoms with E-state index in [1.54, 1.807) is 42.5 Å². The SMILES string of the molecule is COc1cccc(/C(O)=C2\C(=O)C(=O)N(c3ccc4c(c3)OCCO4)C2c2ccccc2)c1. The fourth-order valence-electron chi connectivity index (χ4n) is 4.16. The molecular formula is C26H21NO6. The maximum atomic E-state index is 13.3. The van der Waals surface area contributed by atoms with Gasteiger partial charge in [0.25, 0.3) is 11.7 Å². The third-order valence-electron chi connectivity index (χ3n) is 5.71.